The third-order valence-electron chi connectivity index (χ3n) is 5.06. The first-order chi connectivity index (χ1) is 13.8. The summed E-state index contributed by atoms with van der Waals surface area (Å²) in [4.78, 5) is 5.62. The van der Waals surface area contributed by atoms with Gasteiger partial charge in [-0.2, -0.15) is 13.2 Å². The van der Waals surface area contributed by atoms with Crippen molar-refractivity contribution in [2.75, 3.05) is 33.3 Å². The van der Waals surface area contributed by atoms with Crippen LogP contribution in [0.15, 0.2) is 17.1 Å². The van der Waals surface area contributed by atoms with Gasteiger partial charge in [0.15, 0.2) is 5.96 Å². The summed E-state index contributed by atoms with van der Waals surface area (Å²) in [5.74, 6) is 2.24. The molecule has 0 aromatic heterocycles. The maximum absolute atomic E-state index is 12.6. The van der Waals surface area contributed by atoms with Crippen molar-refractivity contribution in [2.24, 2.45) is 4.99 Å². The normalized spacial score (nSPS) is 21.6. The van der Waals surface area contributed by atoms with Crippen LogP contribution in [0, 0.1) is 0 Å². The van der Waals surface area contributed by atoms with Crippen molar-refractivity contribution in [3.8, 4) is 11.5 Å². The largest absolute Gasteiger partial charge is 0.494 e. The van der Waals surface area contributed by atoms with Crippen LogP contribution in [0.5, 0.6) is 11.5 Å². The highest BCUT2D eigenvalue weighted by Gasteiger charge is 2.34. The van der Waals surface area contributed by atoms with E-state index in [1.54, 1.807) is 7.05 Å². The molecule has 6 nitrogen and oxygen atoms in total. The van der Waals surface area contributed by atoms with Gasteiger partial charge in [0.1, 0.15) is 17.6 Å². The van der Waals surface area contributed by atoms with Crippen LogP contribution in [0.1, 0.15) is 31.4 Å². The van der Waals surface area contributed by atoms with E-state index in [4.69, 9.17) is 9.47 Å². The molecule has 3 rings (SSSR count). The van der Waals surface area contributed by atoms with Crippen LogP contribution < -0.4 is 20.1 Å². The number of likely N-dealkylation sites (tertiary alicyclic amines) is 1. The molecule has 0 bridgehead atoms. The fourth-order valence-electron chi connectivity index (χ4n) is 3.82. The van der Waals surface area contributed by atoms with Crippen molar-refractivity contribution in [3.63, 3.8) is 0 Å². The second-order valence-electron chi connectivity index (χ2n) is 7.54. The van der Waals surface area contributed by atoms with E-state index < -0.39 is 12.7 Å². The molecule has 2 unspecified atom stereocenters. The molecule has 1 saturated heterocycles. The van der Waals surface area contributed by atoms with Crippen LogP contribution in [0.4, 0.5) is 13.2 Å². The highest BCUT2D eigenvalue weighted by atomic mass is 127. The van der Waals surface area contributed by atoms with E-state index in [-0.39, 0.29) is 36.1 Å². The van der Waals surface area contributed by atoms with E-state index in [2.05, 4.69) is 15.6 Å². The summed E-state index contributed by atoms with van der Waals surface area (Å²) in [5, 5.41) is 6.46. The van der Waals surface area contributed by atoms with E-state index in [1.165, 1.54) is 4.90 Å². The molecule has 0 saturated carbocycles. The molecular formula is C20H30F3IN4O2. The number of hydrogen-bond donors (Lipinski definition) is 2. The summed E-state index contributed by atoms with van der Waals surface area (Å²) in [6.45, 7) is 4.90. The van der Waals surface area contributed by atoms with Crippen molar-refractivity contribution < 1.29 is 22.6 Å². The molecule has 170 valence electrons. The number of halogens is 4. The first kappa shape index (κ1) is 24.8. The fourth-order valence-corrected chi connectivity index (χ4v) is 3.82. The van der Waals surface area contributed by atoms with Crippen LogP contribution >= 0.6 is 24.0 Å². The quantitative estimate of drug-likeness (QED) is 0.328. The molecule has 2 atom stereocenters. The van der Waals surface area contributed by atoms with Crippen molar-refractivity contribution >= 4 is 29.9 Å². The molecule has 0 aliphatic carbocycles. The lowest BCUT2D eigenvalue weighted by Crippen LogP contribution is -2.44. The van der Waals surface area contributed by atoms with Gasteiger partial charge in [0.2, 0.25) is 0 Å². The lowest BCUT2D eigenvalue weighted by molar-refractivity contribution is -0.143. The minimum absolute atomic E-state index is 0. The third kappa shape index (κ3) is 6.79. The molecular weight excluding hydrogens is 512 g/mol. The second kappa shape index (κ2) is 10.7. The Morgan fingerprint density at radius 3 is 2.80 bits per heavy atom. The Bertz CT molecular complexity index is 745. The summed E-state index contributed by atoms with van der Waals surface area (Å²) in [6, 6.07) is 3.95. The number of rotatable bonds is 6. The molecule has 30 heavy (non-hydrogen) atoms. The number of fused-ring (bicyclic) bond motifs is 1. The van der Waals surface area contributed by atoms with E-state index in [0.29, 0.717) is 38.6 Å². The summed E-state index contributed by atoms with van der Waals surface area (Å²) >= 11 is 0. The number of guanidine groups is 1. The highest BCUT2D eigenvalue weighted by molar-refractivity contribution is 14.0. The maximum Gasteiger partial charge on any atom is 0.401 e. The van der Waals surface area contributed by atoms with Crippen LogP contribution in [0.2, 0.25) is 0 Å². The standard InChI is InChI=1S/C20H29F3N4O2.HI/c1-4-28-17-8-14-7-13(2)29-18(14)9-15(17)10-25-19(24-3)26-16-5-6-27(11-16)12-20(21,22)23;/h8-9,13,16H,4-7,10-12H2,1-3H3,(H2,24,25,26);1H. The van der Waals surface area contributed by atoms with Crippen molar-refractivity contribution in [1.29, 1.82) is 0 Å². The second-order valence-corrected chi connectivity index (χ2v) is 7.54. The van der Waals surface area contributed by atoms with Crippen LogP contribution in [-0.4, -0.2) is 62.5 Å². The Morgan fingerprint density at radius 1 is 1.37 bits per heavy atom. The lowest BCUT2D eigenvalue weighted by atomic mass is 10.1. The molecule has 10 heteroatoms. The highest BCUT2D eigenvalue weighted by Crippen LogP contribution is 2.35. The molecule has 2 aliphatic rings. The number of ether oxygens (including phenoxy) is 2. The number of hydrogen-bond acceptors (Lipinski definition) is 4. The average Bonchev–Trinajstić information content (AvgIpc) is 3.21. The average molecular weight is 542 g/mol. The molecule has 1 aromatic rings. The van der Waals surface area contributed by atoms with E-state index in [1.807, 2.05) is 26.0 Å². The van der Waals surface area contributed by atoms with Crippen LogP contribution in [0.25, 0.3) is 0 Å². The number of benzene rings is 1. The Morgan fingerprint density at radius 2 is 2.13 bits per heavy atom. The van der Waals surface area contributed by atoms with E-state index in [9.17, 15) is 13.2 Å². The van der Waals surface area contributed by atoms with Crippen molar-refractivity contribution in [1.82, 2.24) is 15.5 Å². The van der Waals surface area contributed by atoms with E-state index in [0.717, 1.165) is 29.0 Å². The minimum atomic E-state index is -4.17. The number of alkyl halides is 3. The van der Waals surface area contributed by atoms with E-state index >= 15 is 0 Å². The van der Waals surface area contributed by atoms with Gasteiger partial charge in [-0.15, -0.1) is 24.0 Å². The summed E-state index contributed by atoms with van der Waals surface area (Å²) in [5.41, 5.74) is 2.09. The monoisotopic (exact) mass is 542 g/mol. The van der Waals surface area contributed by atoms with Gasteiger partial charge < -0.3 is 20.1 Å². The van der Waals surface area contributed by atoms with Crippen molar-refractivity contribution in [2.45, 2.75) is 51.6 Å². The molecule has 0 amide bonds. The smallest absolute Gasteiger partial charge is 0.401 e. The van der Waals surface area contributed by atoms with Gasteiger partial charge in [0.05, 0.1) is 13.2 Å². The fraction of sp³-hybridized carbons (Fsp3) is 0.650. The number of aliphatic imine (C=N–C) groups is 1. The zero-order valence-corrected chi connectivity index (χ0v) is 19.8. The van der Waals surface area contributed by atoms with Gasteiger partial charge in [0.25, 0.3) is 0 Å². The SMILES string of the molecule is CCOc1cc2c(cc1CNC(=NC)NC1CCN(CC(F)(F)F)C1)OC(C)C2.I. The zero-order chi connectivity index (χ0) is 21.0. The maximum atomic E-state index is 12.6. The molecule has 0 spiro atoms. The molecule has 2 aliphatic heterocycles. The Labute approximate surface area is 192 Å². The summed E-state index contributed by atoms with van der Waals surface area (Å²) in [7, 11) is 1.65. The summed E-state index contributed by atoms with van der Waals surface area (Å²) < 4.78 is 49.3. The molecule has 1 fully saturated rings. The van der Waals surface area contributed by atoms with Crippen LogP contribution in [0.3, 0.4) is 0 Å². The molecule has 1 aromatic carbocycles. The van der Waals surface area contributed by atoms with Crippen LogP contribution in [-0.2, 0) is 13.0 Å². The van der Waals surface area contributed by atoms with Gasteiger partial charge in [-0.25, -0.2) is 0 Å². The predicted octanol–water partition coefficient (Wildman–Crippen LogP) is 3.33. The minimum Gasteiger partial charge on any atom is -0.494 e. The Hall–Kier alpha value is -1.43. The first-order valence-electron chi connectivity index (χ1n) is 9.99. The predicted molar refractivity (Wildman–Crippen MR) is 121 cm³/mol. The molecule has 2 heterocycles. The van der Waals surface area contributed by atoms with Gasteiger partial charge in [-0.05, 0) is 32.4 Å². The van der Waals surface area contributed by atoms with Gasteiger partial charge in [-0.3, -0.25) is 9.89 Å². The number of nitrogens with one attached hydrogen (secondary N) is 2. The van der Waals surface area contributed by atoms with Gasteiger partial charge >= 0.3 is 6.18 Å². The Kier molecular flexibility index (Phi) is 8.89. The zero-order valence-electron chi connectivity index (χ0n) is 17.5. The first-order valence-corrected chi connectivity index (χ1v) is 9.99. The lowest BCUT2D eigenvalue weighted by Gasteiger charge is -2.20. The van der Waals surface area contributed by atoms with Gasteiger partial charge in [0, 0.05) is 50.3 Å². The molecule has 0 radical (unpaired) electrons. The summed E-state index contributed by atoms with van der Waals surface area (Å²) in [6.07, 6.45) is -2.51. The number of nitrogens with zero attached hydrogens (tertiary/aromatic N) is 2. The topological polar surface area (TPSA) is 58.1 Å². The molecule has 2 N–H and O–H groups in total. The third-order valence-corrected chi connectivity index (χ3v) is 5.06. The van der Waals surface area contributed by atoms with Crippen molar-refractivity contribution in [3.05, 3.63) is 23.3 Å². The Balaban J connectivity index is 0.00000320. The van der Waals surface area contributed by atoms with Gasteiger partial charge in [-0.1, -0.05) is 0 Å².